The first kappa shape index (κ1) is 11.2. The van der Waals surface area contributed by atoms with Crippen LogP contribution in [0.15, 0.2) is 42.9 Å². The summed E-state index contributed by atoms with van der Waals surface area (Å²) in [7, 11) is 0. The Bertz CT molecular complexity index is 511. The molecule has 1 aromatic heterocycles. The summed E-state index contributed by atoms with van der Waals surface area (Å²) in [5.74, 6) is -0.952. The summed E-state index contributed by atoms with van der Waals surface area (Å²) in [4.78, 5) is 18.6. The van der Waals surface area contributed by atoms with Gasteiger partial charge in [0.1, 0.15) is 6.33 Å². The Morgan fingerprint density at radius 3 is 2.47 bits per heavy atom. The minimum absolute atomic E-state index is 0.239. The third-order valence-corrected chi connectivity index (χ3v) is 2.44. The minimum atomic E-state index is -0.952. The van der Waals surface area contributed by atoms with Gasteiger partial charge in [-0.25, -0.2) is 14.8 Å². The van der Waals surface area contributed by atoms with Crippen LogP contribution >= 0.6 is 0 Å². The van der Waals surface area contributed by atoms with Crippen molar-refractivity contribution in [2.45, 2.75) is 6.04 Å². The zero-order chi connectivity index (χ0) is 12.3. The van der Waals surface area contributed by atoms with E-state index in [4.69, 9.17) is 10.8 Å². The van der Waals surface area contributed by atoms with Gasteiger partial charge < -0.3 is 10.8 Å². The highest BCUT2D eigenvalue weighted by atomic mass is 16.4. The Morgan fingerprint density at radius 1 is 1.24 bits per heavy atom. The molecule has 1 aromatic carbocycles. The van der Waals surface area contributed by atoms with Crippen LogP contribution in [0.3, 0.4) is 0 Å². The van der Waals surface area contributed by atoms with Crippen molar-refractivity contribution in [1.82, 2.24) is 9.97 Å². The van der Waals surface area contributed by atoms with Crippen LogP contribution in [-0.4, -0.2) is 21.0 Å². The molecule has 5 heteroatoms. The molecule has 0 aliphatic heterocycles. The Balaban J connectivity index is 2.26. The average Bonchev–Trinajstić information content (AvgIpc) is 2.39. The number of hydrogen-bond acceptors (Lipinski definition) is 4. The molecule has 0 amide bonds. The van der Waals surface area contributed by atoms with Crippen LogP contribution < -0.4 is 5.73 Å². The first-order valence-electron chi connectivity index (χ1n) is 5.03. The molecule has 1 unspecified atom stereocenters. The first-order chi connectivity index (χ1) is 8.18. The molecule has 0 spiro atoms. The molecule has 2 rings (SSSR count). The van der Waals surface area contributed by atoms with E-state index in [1.165, 1.54) is 18.5 Å². The van der Waals surface area contributed by atoms with Crippen LogP contribution in [0.25, 0.3) is 0 Å². The van der Waals surface area contributed by atoms with E-state index in [0.29, 0.717) is 5.69 Å². The molecular weight excluding hydrogens is 218 g/mol. The lowest BCUT2D eigenvalue weighted by Gasteiger charge is -2.10. The van der Waals surface area contributed by atoms with E-state index in [1.54, 1.807) is 24.4 Å². The standard InChI is InChI=1S/C12H11N3O2/c13-11(10-5-6-14-7-15-10)8-1-3-9(4-2-8)12(16)17/h1-7,11H,13H2,(H,16,17). The lowest BCUT2D eigenvalue weighted by Crippen LogP contribution is -2.13. The third-order valence-electron chi connectivity index (χ3n) is 2.44. The summed E-state index contributed by atoms with van der Waals surface area (Å²) in [5.41, 5.74) is 7.76. The van der Waals surface area contributed by atoms with Gasteiger partial charge >= 0.3 is 5.97 Å². The number of benzene rings is 1. The number of aromatic carboxylic acids is 1. The lowest BCUT2D eigenvalue weighted by molar-refractivity contribution is 0.0697. The maximum Gasteiger partial charge on any atom is 0.335 e. The van der Waals surface area contributed by atoms with Crippen molar-refractivity contribution in [3.63, 3.8) is 0 Å². The fraction of sp³-hybridized carbons (Fsp3) is 0.0833. The van der Waals surface area contributed by atoms with Crippen molar-refractivity contribution >= 4 is 5.97 Å². The number of rotatable bonds is 3. The van der Waals surface area contributed by atoms with E-state index in [2.05, 4.69) is 9.97 Å². The number of carboxylic acids is 1. The number of hydrogen-bond donors (Lipinski definition) is 2. The van der Waals surface area contributed by atoms with Gasteiger partial charge in [0.05, 0.1) is 17.3 Å². The van der Waals surface area contributed by atoms with E-state index < -0.39 is 5.97 Å². The van der Waals surface area contributed by atoms with Gasteiger partial charge in [0.15, 0.2) is 0 Å². The number of carboxylic acid groups (broad SMARTS) is 1. The fourth-order valence-electron chi connectivity index (χ4n) is 1.49. The van der Waals surface area contributed by atoms with Crippen molar-refractivity contribution in [3.05, 3.63) is 59.7 Å². The van der Waals surface area contributed by atoms with Crippen molar-refractivity contribution < 1.29 is 9.90 Å². The van der Waals surface area contributed by atoms with E-state index in [9.17, 15) is 4.79 Å². The van der Waals surface area contributed by atoms with Gasteiger partial charge in [0.25, 0.3) is 0 Å². The summed E-state index contributed by atoms with van der Waals surface area (Å²) < 4.78 is 0. The zero-order valence-electron chi connectivity index (χ0n) is 8.95. The number of nitrogens with zero attached hydrogens (tertiary/aromatic N) is 2. The van der Waals surface area contributed by atoms with Crippen LogP contribution in [0, 0.1) is 0 Å². The van der Waals surface area contributed by atoms with Gasteiger partial charge in [-0.3, -0.25) is 0 Å². The smallest absolute Gasteiger partial charge is 0.335 e. The molecule has 0 bridgehead atoms. The predicted octanol–water partition coefficient (Wildman–Crippen LogP) is 1.22. The number of aromatic nitrogens is 2. The van der Waals surface area contributed by atoms with Crippen molar-refractivity contribution in [2.75, 3.05) is 0 Å². The molecule has 0 fully saturated rings. The Hall–Kier alpha value is -2.27. The highest BCUT2D eigenvalue weighted by Gasteiger charge is 2.10. The van der Waals surface area contributed by atoms with Crippen LogP contribution in [0.4, 0.5) is 0 Å². The molecule has 86 valence electrons. The Kier molecular flexibility index (Phi) is 3.11. The largest absolute Gasteiger partial charge is 0.478 e. The van der Waals surface area contributed by atoms with Crippen LogP contribution in [0.2, 0.25) is 0 Å². The topological polar surface area (TPSA) is 89.1 Å². The molecular formula is C12H11N3O2. The zero-order valence-corrected chi connectivity index (χ0v) is 8.95. The first-order valence-corrected chi connectivity index (χ1v) is 5.03. The third kappa shape index (κ3) is 2.46. The normalized spacial score (nSPS) is 12.1. The Morgan fingerprint density at radius 2 is 1.94 bits per heavy atom. The van der Waals surface area contributed by atoms with Crippen molar-refractivity contribution in [1.29, 1.82) is 0 Å². The van der Waals surface area contributed by atoms with Crippen molar-refractivity contribution in [3.8, 4) is 0 Å². The van der Waals surface area contributed by atoms with Crippen molar-refractivity contribution in [2.24, 2.45) is 5.73 Å². The monoisotopic (exact) mass is 229 g/mol. The minimum Gasteiger partial charge on any atom is -0.478 e. The van der Waals surface area contributed by atoms with Gasteiger partial charge in [-0.15, -0.1) is 0 Å². The molecule has 0 saturated carbocycles. The highest BCUT2D eigenvalue weighted by molar-refractivity contribution is 5.87. The van der Waals surface area contributed by atoms with Gasteiger partial charge in [0.2, 0.25) is 0 Å². The van der Waals surface area contributed by atoms with E-state index in [-0.39, 0.29) is 11.6 Å². The molecule has 0 saturated heterocycles. The molecule has 1 heterocycles. The van der Waals surface area contributed by atoms with Crippen LogP contribution in [0.1, 0.15) is 27.7 Å². The van der Waals surface area contributed by atoms with E-state index >= 15 is 0 Å². The quantitative estimate of drug-likeness (QED) is 0.826. The summed E-state index contributed by atoms with van der Waals surface area (Å²) in [6.07, 6.45) is 3.05. The lowest BCUT2D eigenvalue weighted by atomic mass is 10.0. The summed E-state index contributed by atoms with van der Waals surface area (Å²) in [6, 6.07) is 7.79. The average molecular weight is 229 g/mol. The van der Waals surface area contributed by atoms with E-state index in [1.807, 2.05) is 0 Å². The predicted molar refractivity (Wildman–Crippen MR) is 61.5 cm³/mol. The Labute approximate surface area is 98.0 Å². The molecule has 5 nitrogen and oxygen atoms in total. The molecule has 3 N–H and O–H groups in total. The fourth-order valence-corrected chi connectivity index (χ4v) is 1.49. The molecule has 2 aromatic rings. The molecule has 0 aliphatic rings. The molecule has 1 atom stereocenters. The second-order valence-electron chi connectivity index (χ2n) is 3.54. The van der Waals surface area contributed by atoms with Crippen LogP contribution in [-0.2, 0) is 0 Å². The molecule has 0 radical (unpaired) electrons. The second-order valence-corrected chi connectivity index (χ2v) is 3.54. The molecule has 17 heavy (non-hydrogen) atoms. The number of nitrogens with two attached hydrogens (primary N) is 1. The molecule has 0 aliphatic carbocycles. The van der Waals surface area contributed by atoms with Gasteiger partial charge in [-0.2, -0.15) is 0 Å². The maximum atomic E-state index is 10.7. The summed E-state index contributed by atoms with van der Waals surface area (Å²) in [6.45, 7) is 0. The second kappa shape index (κ2) is 4.71. The maximum absolute atomic E-state index is 10.7. The number of carbonyl (C=O) groups is 1. The van der Waals surface area contributed by atoms with Gasteiger partial charge in [0, 0.05) is 6.20 Å². The SMILES string of the molecule is NC(c1ccc(C(=O)O)cc1)c1ccncn1. The van der Waals surface area contributed by atoms with E-state index in [0.717, 1.165) is 5.56 Å². The van der Waals surface area contributed by atoms with Gasteiger partial charge in [-0.05, 0) is 23.8 Å². The van der Waals surface area contributed by atoms with Gasteiger partial charge in [-0.1, -0.05) is 12.1 Å². The van der Waals surface area contributed by atoms with Crippen LogP contribution in [0.5, 0.6) is 0 Å². The summed E-state index contributed by atoms with van der Waals surface area (Å²) >= 11 is 0. The highest BCUT2D eigenvalue weighted by Crippen LogP contribution is 2.17. The summed E-state index contributed by atoms with van der Waals surface area (Å²) in [5, 5.41) is 8.78.